The normalized spacial score (nSPS) is 16.3. The van der Waals surface area contributed by atoms with E-state index in [2.05, 4.69) is 35.8 Å². The van der Waals surface area contributed by atoms with Crippen molar-refractivity contribution < 1.29 is 13.9 Å². The number of hydrogen-bond acceptors (Lipinski definition) is 5. The van der Waals surface area contributed by atoms with Gasteiger partial charge in [-0.25, -0.2) is 9.07 Å². The number of halogens is 2. The molecule has 0 bridgehead atoms. The standard InChI is InChI=1S/C26H29ClFN5O2Si/c1-36(2,3)13-12-35-17-33-26(21(16-29)25(31-33)18-6-9-30-10-7-18)32-11-8-20(15-24(32)34)19-4-5-22(27)23(28)14-19/h4-7,9-10,14,20H,8,11-13,15,17H2,1-3H3. The third-order valence-corrected chi connectivity index (χ3v) is 8.31. The van der Waals surface area contributed by atoms with Crippen molar-refractivity contribution in [1.29, 1.82) is 5.26 Å². The second-order valence-corrected chi connectivity index (χ2v) is 16.2. The van der Waals surface area contributed by atoms with E-state index in [0.29, 0.717) is 36.6 Å². The van der Waals surface area contributed by atoms with Crippen LogP contribution in [0.25, 0.3) is 11.3 Å². The van der Waals surface area contributed by atoms with Gasteiger partial charge in [0.25, 0.3) is 0 Å². The molecule has 0 aliphatic carbocycles. The number of benzene rings is 1. The maximum Gasteiger partial charge on any atom is 0.228 e. The van der Waals surface area contributed by atoms with Crippen LogP contribution in [0.1, 0.15) is 29.9 Å². The summed E-state index contributed by atoms with van der Waals surface area (Å²) in [6.07, 6.45) is 4.09. The summed E-state index contributed by atoms with van der Waals surface area (Å²) in [6, 6.07) is 11.5. The predicted octanol–water partition coefficient (Wildman–Crippen LogP) is 5.83. The van der Waals surface area contributed by atoms with Crippen molar-refractivity contribution in [1.82, 2.24) is 14.8 Å². The number of ether oxygens (including phenoxy) is 1. The molecule has 4 rings (SSSR count). The van der Waals surface area contributed by atoms with Crippen molar-refractivity contribution in [2.24, 2.45) is 0 Å². The average Bonchev–Trinajstić information content (AvgIpc) is 3.21. The molecule has 1 amide bonds. The molecule has 0 spiro atoms. The molecule has 2 aromatic heterocycles. The van der Waals surface area contributed by atoms with Gasteiger partial charge in [0, 0.05) is 45.6 Å². The summed E-state index contributed by atoms with van der Waals surface area (Å²) in [5, 5.41) is 14.9. The number of nitriles is 1. The SMILES string of the molecule is C[Si](C)(C)CCOCn1nc(-c2ccncc2)c(C#N)c1N1CCC(c2ccc(Cl)c(F)c2)CC1=O. The molecule has 10 heteroatoms. The average molecular weight is 526 g/mol. The Balaban J connectivity index is 1.63. The second kappa shape index (κ2) is 10.9. The number of pyridine rings is 1. The van der Waals surface area contributed by atoms with E-state index in [1.807, 2.05) is 0 Å². The Hall–Kier alpha value is -3.06. The highest BCUT2D eigenvalue weighted by atomic mass is 35.5. The van der Waals surface area contributed by atoms with Crippen LogP contribution in [-0.2, 0) is 16.3 Å². The summed E-state index contributed by atoms with van der Waals surface area (Å²) >= 11 is 5.83. The molecule has 1 atom stereocenters. The van der Waals surface area contributed by atoms with Gasteiger partial charge in [-0.1, -0.05) is 37.3 Å². The Morgan fingerprint density at radius 3 is 2.64 bits per heavy atom. The zero-order chi connectivity index (χ0) is 25.9. The van der Waals surface area contributed by atoms with Crippen LogP contribution in [0.4, 0.5) is 10.2 Å². The summed E-state index contributed by atoms with van der Waals surface area (Å²) in [6.45, 7) is 7.93. The number of anilines is 1. The van der Waals surface area contributed by atoms with E-state index in [4.69, 9.17) is 16.3 Å². The van der Waals surface area contributed by atoms with E-state index in [0.717, 1.165) is 17.2 Å². The molecule has 0 N–H and O–H groups in total. The Bertz CT molecular complexity index is 1290. The summed E-state index contributed by atoms with van der Waals surface area (Å²) < 4.78 is 21.6. The van der Waals surface area contributed by atoms with Crippen molar-refractivity contribution in [3.05, 3.63) is 64.7 Å². The summed E-state index contributed by atoms with van der Waals surface area (Å²) in [4.78, 5) is 19.0. The van der Waals surface area contributed by atoms with Crippen LogP contribution in [-0.4, -0.2) is 41.9 Å². The maximum absolute atomic E-state index is 14.0. The van der Waals surface area contributed by atoms with Gasteiger partial charge in [-0.15, -0.1) is 0 Å². The second-order valence-electron chi connectivity index (χ2n) is 10.2. The van der Waals surface area contributed by atoms with Crippen LogP contribution in [0, 0.1) is 17.1 Å². The van der Waals surface area contributed by atoms with Gasteiger partial charge in [0.2, 0.25) is 5.91 Å². The van der Waals surface area contributed by atoms with Crippen LogP contribution in [0.5, 0.6) is 0 Å². The lowest BCUT2D eigenvalue weighted by atomic mass is 9.89. The fraction of sp³-hybridized carbons (Fsp3) is 0.385. The number of piperidine rings is 1. The van der Waals surface area contributed by atoms with Crippen molar-refractivity contribution in [2.45, 2.75) is 51.2 Å². The van der Waals surface area contributed by atoms with Gasteiger partial charge in [0.15, 0.2) is 5.82 Å². The lowest BCUT2D eigenvalue weighted by molar-refractivity contribution is -0.120. The first kappa shape index (κ1) is 26.0. The summed E-state index contributed by atoms with van der Waals surface area (Å²) in [5.74, 6) is -0.341. The molecular formula is C26H29ClFN5O2Si. The third-order valence-electron chi connectivity index (χ3n) is 6.30. The summed E-state index contributed by atoms with van der Waals surface area (Å²) in [5.41, 5.74) is 2.28. The minimum Gasteiger partial charge on any atom is -0.359 e. The number of carbonyl (C=O) groups is 1. The molecule has 1 saturated heterocycles. The highest BCUT2D eigenvalue weighted by Crippen LogP contribution is 2.36. The maximum atomic E-state index is 14.0. The number of amides is 1. The lowest BCUT2D eigenvalue weighted by Crippen LogP contribution is -2.40. The highest BCUT2D eigenvalue weighted by molar-refractivity contribution is 6.76. The molecule has 36 heavy (non-hydrogen) atoms. The van der Waals surface area contributed by atoms with Crippen LogP contribution < -0.4 is 4.90 Å². The van der Waals surface area contributed by atoms with Crippen molar-refractivity contribution >= 4 is 31.4 Å². The van der Waals surface area contributed by atoms with Crippen LogP contribution in [0.2, 0.25) is 30.7 Å². The van der Waals surface area contributed by atoms with Crippen molar-refractivity contribution in [3.63, 3.8) is 0 Å². The van der Waals surface area contributed by atoms with E-state index < -0.39 is 13.9 Å². The molecule has 1 aromatic carbocycles. The Labute approximate surface area is 216 Å². The van der Waals surface area contributed by atoms with E-state index in [1.54, 1.807) is 40.2 Å². The van der Waals surface area contributed by atoms with Gasteiger partial charge in [0.1, 0.15) is 29.9 Å². The number of nitrogens with zero attached hydrogens (tertiary/aromatic N) is 5. The molecule has 188 valence electrons. The molecular weight excluding hydrogens is 497 g/mol. The van der Waals surface area contributed by atoms with Gasteiger partial charge in [-0.05, 0) is 48.2 Å². The van der Waals surface area contributed by atoms with Crippen LogP contribution in [0.15, 0.2) is 42.7 Å². The third kappa shape index (κ3) is 5.83. The zero-order valence-electron chi connectivity index (χ0n) is 20.7. The number of hydrogen-bond donors (Lipinski definition) is 0. The van der Waals surface area contributed by atoms with E-state index >= 15 is 0 Å². The van der Waals surface area contributed by atoms with Crippen molar-refractivity contribution in [3.8, 4) is 17.3 Å². The first-order chi connectivity index (χ1) is 17.2. The smallest absolute Gasteiger partial charge is 0.228 e. The molecule has 7 nitrogen and oxygen atoms in total. The minimum absolute atomic E-state index is 0.0582. The Morgan fingerprint density at radius 1 is 1.25 bits per heavy atom. The minimum atomic E-state index is -1.28. The molecule has 3 heterocycles. The largest absolute Gasteiger partial charge is 0.359 e. The molecule has 1 unspecified atom stereocenters. The van der Waals surface area contributed by atoms with Gasteiger partial charge >= 0.3 is 0 Å². The van der Waals surface area contributed by atoms with Gasteiger partial charge in [-0.2, -0.15) is 10.4 Å². The topological polar surface area (TPSA) is 84.0 Å². The molecule has 1 aliphatic rings. The van der Waals surface area contributed by atoms with Gasteiger partial charge < -0.3 is 4.74 Å². The number of aromatic nitrogens is 3. The van der Waals surface area contributed by atoms with E-state index in [9.17, 15) is 14.4 Å². The fourth-order valence-electron chi connectivity index (χ4n) is 4.27. The van der Waals surface area contributed by atoms with Crippen LogP contribution >= 0.6 is 11.6 Å². The van der Waals surface area contributed by atoms with Crippen molar-refractivity contribution in [2.75, 3.05) is 18.1 Å². The quantitative estimate of drug-likeness (QED) is 0.273. The van der Waals surface area contributed by atoms with E-state index in [-0.39, 0.29) is 30.0 Å². The zero-order valence-corrected chi connectivity index (χ0v) is 22.4. The molecule has 3 aromatic rings. The van der Waals surface area contributed by atoms with Gasteiger partial charge in [0.05, 0.1) is 5.02 Å². The Morgan fingerprint density at radius 2 is 2.00 bits per heavy atom. The predicted molar refractivity (Wildman–Crippen MR) is 140 cm³/mol. The molecule has 0 saturated carbocycles. The molecule has 1 aliphatic heterocycles. The monoisotopic (exact) mass is 525 g/mol. The van der Waals surface area contributed by atoms with Gasteiger partial charge in [-0.3, -0.25) is 14.7 Å². The molecule has 0 radical (unpaired) electrons. The fourth-order valence-corrected chi connectivity index (χ4v) is 5.14. The first-order valence-electron chi connectivity index (χ1n) is 11.9. The van der Waals surface area contributed by atoms with Crippen LogP contribution in [0.3, 0.4) is 0 Å². The van der Waals surface area contributed by atoms with E-state index in [1.165, 1.54) is 12.1 Å². The Kier molecular flexibility index (Phi) is 7.88. The summed E-state index contributed by atoms with van der Waals surface area (Å²) in [7, 11) is -1.28. The number of carbonyl (C=O) groups excluding carboxylic acids is 1. The lowest BCUT2D eigenvalue weighted by Gasteiger charge is -2.32. The number of rotatable bonds is 8. The highest BCUT2D eigenvalue weighted by Gasteiger charge is 2.33. The first-order valence-corrected chi connectivity index (χ1v) is 16.0. The molecule has 1 fully saturated rings.